The highest BCUT2D eigenvalue weighted by molar-refractivity contribution is 7.98. The third kappa shape index (κ3) is 5.53. The standard InChI is InChI=1S/C23H17Cl2NO4S/c1-28-16-5-9-20-21(11-16)30-22(26-20)12-23(27)29-15-3-6-17(7-4-15)31-13-14-2-8-18(24)19(25)10-14/h2-11H,12-13H2,1H3. The lowest BCUT2D eigenvalue weighted by atomic mass is 10.2. The molecule has 0 atom stereocenters. The van der Waals surface area contributed by atoms with Crippen LogP contribution in [0.5, 0.6) is 11.5 Å². The van der Waals surface area contributed by atoms with Crippen molar-refractivity contribution in [3.05, 3.63) is 82.2 Å². The van der Waals surface area contributed by atoms with E-state index in [0.29, 0.717) is 38.5 Å². The van der Waals surface area contributed by atoms with E-state index in [1.165, 1.54) is 0 Å². The molecular weight excluding hydrogens is 457 g/mol. The van der Waals surface area contributed by atoms with Crippen LogP contribution in [0.2, 0.25) is 10.0 Å². The van der Waals surface area contributed by atoms with Gasteiger partial charge in [-0.25, -0.2) is 4.98 Å². The molecule has 0 unspecified atom stereocenters. The van der Waals surface area contributed by atoms with E-state index in [-0.39, 0.29) is 6.42 Å². The quantitative estimate of drug-likeness (QED) is 0.171. The van der Waals surface area contributed by atoms with Gasteiger partial charge in [-0.05, 0) is 54.1 Å². The van der Waals surface area contributed by atoms with Crippen LogP contribution in [-0.2, 0) is 17.0 Å². The first-order valence-corrected chi connectivity index (χ1v) is 11.1. The van der Waals surface area contributed by atoms with Crippen molar-refractivity contribution in [1.82, 2.24) is 4.98 Å². The number of ether oxygens (including phenoxy) is 2. The summed E-state index contributed by atoms with van der Waals surface area (Å²) in [7, 11) is 1.58. The molecule has 0 aliphatic carbocycles. The number of aromatic nitrogens is 1. The summed E-state index contributed by atoms with van der Waals surface area (Å²) in [5.41, 5.74) is 2.29. The third-order valence-corrected chi connectivity index (χ3v) is 6.20. The molecular formula is C23H17Cl2NO4S. The normalized spacial score (nSPS) is 10.9. The van der Waals surface area contributed by atoms with Crippen LogP contribution in [0.1, 0.15) is 11.5 Å². The number of hydrogen-bond donors (Lipinski definition) is 0. The van der Waals surface area contributed by atoms with Gasteiger partial charge in [0.1, 0.15) is 23.4 Å². The minimum absolute atomic E-state index is 0.0647. The molecule has 4 rings (SSSR count). The van der Waals surface area contributed by atoms with E-state index < -0.39 is 5.97 Å². The fourth-order valence-electron chi connectivity index (χ4n) is 2.85. The minimum Gasteiger partial charge on any atom is -0.497 e. The Morgan fingerprint density at radius 2 is 1.77 bits per heavy atom. The molecule has 0 radical (unpaired) electrons. The Kier molecular flexibility index (Phi) is 6.70. The Labute approximate surface area is 193 Å². The first kappa shape index (κ1) is 21.6. The Balaban J connectivity index is 1.33. The molecule has 0 bridgehead atoms. The molecule has 31 heavy (non-hydrogen) atoms. The van der Waals surface area contributed by atoms with Crippen LogP contribution in [-0.4, -0.2) is 18.1 Å². The summed E-state index contributed by atoms with van der Waals surface area (Å²) in [4.78, 5) is 17.6. The number of nitrogens with zero attached hydrogens (tertiary/aromatic N) is 1. The van der Waals surface area contributed by atoms with Crippen molar-refractivity contribution in [2.24, 2.45) is 0 Å². The highest BCUT2D eigenvalue weighted by Gasteiger charge is 2.13. The molecule has 0 aliphatic heterocycles. The first-order valence-electron chi connectivity index (χ1n) is 9.31. The monoisotopic (exact) mass is 473 g/mol. The molecule has 5 nitrogen and oxygen atoms in total. The molecule has 0 N–H and O–H groups in total. The lowest BCUT2D eigenvalue weighted by Gasteiger charge is -2.06. The maximum absolute atomic E-state index is 12.3. The van der Waals surface area contributed by atoms with Gasteiger partial charge >= 0.3 is 5.97 Å². The van der Waals surface area contributed by atoms with E-state index in [9.17, 15) is 4.79 Å². The highest BCUT2D eigenvalue weighted by atomic mass is 35.5. The lowest BCUT2D eigenvalue weighted by molar-refractivity contribution is -0.133. The number of methoxy groups -OCH3 is 1. The second kappa shape index (κ2) is 9.64. The van der Waals surface area contributed by atoms with Crippen LogP contribution in [0.15, 0.2) is 70.0 Å². The summed E-state index contributed by atoms with van der Waals surface area (Å²) in [5.74, 6) is 1.71. The first-order chi connectivity index (χ1) is 15.0. The molecule has 0 saturated heterocycles. The van der Waals surface area contributed by atoms with Gasteiger partial charge in [0.2, 0.25) is 5.89 Å². The minimum atomic E-state index is -0.449. The number of thioether (sulfide) groups is 1. The van der Waals surface area contributed by atoms with E-state index in [4.69, 9.17) is 37.1 Å². The Morgan fingerprint density at radius 3 is 2.52 bits per heavy atom. The second-order valence-electron chi connectivity index (χ2n) is 6.60. The second-order valence-corrected chi connectivity index (χ2v) is 8.46. The molecule has 3 aromatic carbocycles. The molecule has 0 aliphatic rings. The van der Waals surface area contributed by atoms with Crippen LogP contribution >= 0.6 is 35.0 Å². The van der Waals surface area contributed by atoms with Gasteiger partial charge in [-0.1, -0.05) is 29.3 Å². The van der Waals surface area contributed by atoms with Gasteiger partial charge in [0.05, 0.1) is 17.2 Å². The van der Waals surface area contributed by atoms with Gasteiger partial charge in [0.25, 0.3) is 0 Å². The van der Waals surface area contributed by atoms with Crippen LogP contribution in [0.3, 0.4) is 0 Å². The predicted molar refractivity (Wildman–Crippen MR) is 122 cm³/mol. The molecule has 4 aromatic rings. The highest BCUT2D eigenvalue weighted by Crippen LogP contribution is 2.29. The van der Waals surface area contributed by atoms with Crippen LogP contribution < -0.4 is 9.47 Å². The molecule has 0 amide bonds. The SMILES string of the molecule is COc1ccc2nc(CC(=O)Oc3ccc(SCc4ccc(Cl)c(Cl)c4)cc3)oc2c1. The van der Waals surface area contributed by atoms with Crippen molar-refractivity contribution in [3.8, 4) is 11.5 Å². The molecule has 8 heteroatoms. The zero-order chi connectivity index (χ0) is 21.8. The maximum Gasteiger partial charge on any atom is 0.320 e. The maximum atomic E-state index is 12.3. The van der Waals surface area contributed by atoms with Gasteiger partial charge in [-0.2, -0.15) is 0 Å². The molecule has 0 fully saturated rings. The molecule has 0 spiro atoms. The topological polar surface area (TPSA) is 61.6 Å². The van der Waals surface area contributed by atoms with Gasteiger partial charge in [-0.3, -0.25) is 4.79 Å². The fraction of sp³-hybridized carbons (Fsp3) is 0.130. The summed E-state index contributed by atoms with van der Waals surface area (Å²) in [6.45, 7) is 0. The number of carbonyl (C=O) groups is 1. The number of hydrogen-bond acceptors (Lipinski definition) is 6. The van der Waals surface area contributed by atoms with Crippen molar-refractivity contribution in [2.75, 3.05) is 7.11 Å². The van der Waals surface area contributed by atoms with Gasteiger partial charge in [0, 0.05) is 16.7 Å². The largest absolute Gasteiger partial charge is 0.497 e. The van der Waals surface area contributed by atoms with Crippen LogP contribution in [0.25, 0.3) is 11.1 Å². The Bertz CT molecular complexity index is 1220. The van der Waals surface area contributed by atoms with Gasteiger partial charge < -0.3 is 13.9 Å². The Morgan fingerprint density at radius 1 is 1.00 bits per heavy atom. The van der Waals surface area contributed by atoms with E-state index in [1.54, 1.807) is 55.3 Å². The molecule has 1 heterocycles. The Hall–Kier alpha value is -2.67. The fourth-order valence-corrected chi connectivity index (χ4v) is 4.01. The average Bonchev–Trinajstić information content (AvgIpc) is 3.16. The van der Waals surface area contributed by atoms with Crippen LogP contribution in [0.4, 0.5) is 0 Å². The number of esters is 1. The number of carbonyl (C=O) groups excluding carboxylic acids is 1. The molecule has 1 aromatic heterocycles. The van der Waals surface area contributed by atoms with Crippen molar-refractivity contribution < 1.29 is 18.7 Å². The summed E-state index contributed by atoms with van der Waals surface area (Å²) in [6.07, 6.45) is -0.0647. The van der Waals surface area contributed by atoms with Crippen molar-refractivity contribution in [2.45, 2.75) is 17.1 Å². The van der Waals surface area contributed by atoms with Crippen molar-refractivity contribution >= 4 is 52.0 Å². The van der Waals surface area contributed by atoms with E-state index >= 15 is 0 Å². The zero-order valence-electron chi connectivity index (χ0n) is 16.4. The summed E-state index contributed by atoms with van der Waals surface area (Å²) >= 11 is 13.6. The predicted octanol–water partition coefficient (Wildman–Crippen LogP) is 6.58. The van der Waals surface area contributed by atoms with E-state index in [0.717, 1.165) is 16.2 Å². The number of halogens is 2. The van der Waals surface area contributed by atoms with Crippen molar-refractivity contribution in [3.63, 3.8) is 0 Å². The number of fused-ring (bicyclic) bond motifs is 1. The summed E-state index contributed by atoms with van der Waals surface area (Å²) in [6, 6.07) is 18.2. The molecule has 0 saturated carbocycles. The van der Waals surface area contributed by atoms with Crippen LogP contribution in [0, 0.1) is 0 Å². The lowest BCUT2D eigenvalue weighted by Crippen LogP contribution is -2.11. The average molecular weight is 474 g/mol. The summed E-state index contributed by atoms with van der Waals surface area (Å²) < 4.78 is 16.2. The van der Waals surface area contributed by atoms with Crippen molar-refractivity contribution in [1.29, 1.82) is 0 Å². The smallest absolute Gasteiger partial charge is 0.320 e. The summed E-state index contributed by atoms with van der Waals surface area (Å²) in [5, 5.41) is 1.08. The van der Waals surface area contributed by atoms with E-state index in [1.807, 2.05) is 24.3 Å². The molecule has 158 valence electrons. The van der Waals surface area contributed by atoms with E-state index in [2.05, 4.69) is 4.98 Å². The zero-order valence-corrected chi connectivity index (χ0v) is 18.8. The third-order valence-electron chi connectivity index (χ3n) is 4.38. The van der Waals surface area contributed by atoms with Gasteiger partial charge in [-0.15, -0.1) is 11.8 Å². The number of oxazole rings is 1. The number of benzene rings is 3. The van der Waals surface area contributed by atoms with Gasteiger partial charge in [0.15, 0.2) is 5.58 Å². The number of rotatable bonds is 7.